The number of piperidine rings is 1. The van der Waals surface area contributed by atoms with Gasteiger partial charge in [-0.3, -0.25) is 4.79 Å². The standard InChI is InChI=1S/C20H23N5O/c21-13-15-7-9-16(10-8-15)20(26)24-11-4-5-17(14-24)19-23-22-18-6-2-1-3-12-25(18)19/h7-10,17H,1-6,11-12,14H2/t17-/m1/s1. The number of aryl methyl sites for hydroxylation is 1. The summed E-state index contributed by atoms with van der Waals surface area (Å²) in [5.41, 5.74) is 1.22. The zero-order valence-corrected chi connectivity index (χ0v) is 14.9. The van der Waals surface area contributed by atoms with Crippen molar-refractivity contribution in [3.63, 3.8) is 0 Å². The maximum atomic E-state index is 12.9. The second kappa shape index (κ2) is 7.28. The molecule has 3 heterocycles. The summed E-state index contributed by atoms with van der Waals surface area (Å²) in [6.45, 7) is 2.46. The number of hydrogen-bond donors (Lipinski definition) is 0. The van der Waals surface area contributed by atoms with E-state index in [-0.39, 0.29) is 11.8 Å². The fraction of sp³-hybridized carbons (Fsp3) is 0.500. The highest BCUT2D eigenvalue weighted by molar-refractivity contribution is 5.94. The van der Waals surface area contributed by atoms with Gasteiger partial charge in [-0.1, -0.05) is 6.42 Å². The van der Waals surface area contributed by atoms with Crippen LogP contribution in [0.15, 0.2) is 24.3 Å². The Labute approximate surface area is 153 Å². The summed E-state index contributed by atoms with van der Waals surface area (Å²) < 4.78 is 2.30. The van der Waals surface area contributed by atoms with Crippen LogP contribution in [0.2, 0.25) is 0 Å². The second-order valence-corrected chi connectivity index (χ2v) is 7.22. The minimum atomic E-state index is 0.0368. The summed E-state index contributed by atoms with van der Waals surface area (Å²) in [5, 5.41) is 17.8. The normalized spacial score (nSPS) is 20.1. The van der Waals surface area contributed by atoms with Gasteiger partial charge in [0, 0.05) is 37.5 Å². The zero-order valence-electron chi connectivity index (χ0n) is 14.9. The van der Waals surface area contributed by atoms with E-state index in [0.29, 0.717) is 17.7 Å². The molecule has 0 aliphatic carbocycles. The van der Waals surface area contributed by atoms with Gasteiger partial charge in [-0.15, -0.1) is 10.2 Å². The van der Waals surface area contributed by atoms with Gasteiger partial charge in [0.05, 0.1) is 11.6 Å². The lowest BCUT2D eigenvalue weighted by molar-refractivity contribution is 0.0703. The highest BCUT2D eigenvalue weighted by atomic mass is 16.2. The Morgan fingerprint density at radius 2 is 1.92 bits per heavy atom. The van der Waals surface area contributed by atoms with Gasteiger partial charge in [0.15, 0.2) is 0 Å². The van der Waals surface area contributed by atoms with Crippen LogP contribution in [-0.2, 0) is 13.0 Å². The number of aromatic nitrogens is 3. The van der Waals surface area contributed by atoms with E-state index in [0.717, 1.165) is 44.0 Å². The summed E-state index contributed by atoms with van der Waals surface area (Å²) in [6.07, 6.45) is 6.65. The Kier molecular flexibility index (Phi) is 4.70. The lowest BCUT2D eigenvalue weighted by Crippen LogP contribution is -2.39. The van der Waals surface area contributed by atoms with Gasteiger partial charge in [-0.05, 0) is 49.9 Å². The monoisotopic (exact) mass is 349 g/mol. The van der Waals surface area contributed by atoms with Gasteiger partial charge in [-0.25, -0.2) is 0 Å². The Morgan fingerprint density at radius 1 is 1.08 bits per heavy atom. The molecule has 1 fully saturated rings. The van der Waals surface area contributed by atoms with E-state index < -0.39 is 0 Å². The van der Waals surface area contributed by atoms with Crippen LogP contribution in [0.1, 0.15) is 65.6 Å². The SMILES string of the molecule is N#Cc1ccc(C(=O)N2CCC[C@@H](c3nnc4n3CCCCC4)C2)cc1. The van der Waals surface area contributed by atoms with Crippen molar-refractivity contribution in [3.8, 4) is 6.07 Å². The fourth-order valence-electron chi connectivity index (χ4n) is 4.05. The molecule has 6 nitrogen and oxygen atoms in total. The van der Waals surface area contributed by atoms with Gasteiger partial charge >= 0.3 is 0 Å². The Hall–Kier alpha value is -2.68. The zero-order chi connectivity index (χ0) is 17.9. The minimum Gasteiger partial charge on any atom is -0.338 e. The van der Waals surface area contributed by atoms with Crippen LogP contribution in [0.5, 0.6) is 0 Å². The summed E-state index contributed by atoms with van der Waals surface area (Å²) in [5.74, 6) is 2.45. The van der Waals surface area contributed by atoms with E-state index in [1.165, 1.54) is 19.3 Å². The van der Waals surface area contributed by atoms with Crippen molar-refractivity contribution >= 4 is 5.91 Å². The van der Waals surface area contributed by atoms with Gasteiger partial charge in [0.1, 0.15) is 11.6 Å². The quantitative estimate of drug-likeness (QED) is 0.835. The van der Waals surface area contributed by atoms with E-state index in [1.54, 1.807) is 24.3 Å². The molecule has 0 unspecified atom stereocenters. The number of nitriles is 1. The van der Waals surface area contributed by atoms with Gasteiger partial charge in [0.2, 0.25) is 0 Å². The lowest BCUT2D eigenvalue weighted by atomic mass is 9.96. The van der Waals surface area contributed by atoms with E-state index >= 15 is 0 Å². The molecule has 0 bridgehead atoms. The minimum absolute atomic E-state index is 0.0368. The molecule has 0 radical (unpaired) electrons. The van der Waals surface area contributed by atoms with Crippen LogP contribution in [0.25, 0.3) is 0 Å². The summed E-state index contributed by atoms with van der Waals surface area (Å²) in [4.78, 5) is 14.8. The molecular formula is C20H23N5O. The predicted molar refractivity (Wildman–Crippen MR) is 96.6 cm³/mol. The van der Waals surface area contributed by atoms with Crippen LogP contribution in [-0.4, -0.2) is 38.7 Å². The highest BCUT2D eigenvalue weighted by Crippen LogP contribution is 2.28. The molecule has 6 heteroatoms. The summed E-state index contributed by atoms with van der Waals surface area (Å²) in [6, 6.07) is 8.98. The Balaban J connectivity index is 1.51. The molecule has 0 saturated carbocycles. The lowest BCUT2D eigenvalue weighted by Gasteiger charge is -2.32. The van der Waals surface area contributed by atoms with Gasteiger partial charge in [0.25, 0.3) is 5.91 Å². The van der Waals surface area contributed by atoms with E-state index in [1.807, 2.05) is 4.90 Å². The molecule has 2 aliphatic rings. The molecule has 1 atom stereocenters. The molecule has 2 aliphatic heterocycles. The molecule has 2 aromatic rings. The molecule has 134 valence electrons. The fourth-order valence-corrected chi connectivity index (χ4v) is 4.05. The molecular weight excluding hydrogens is 326 g/mol. The number of amides is 1. The van der Waals surface area contributed by atoms with E-state index in [9.17, 15) is 4.79 Å². The second-order valence-electron chi connectivity index (χ2n) is 7.22. The molecule has 26 heavy (non-hydrogen) atoms. The van der Waals surface area contributed by atoms with Crippen molar-refractivity contribution in [2.24, 2.45) is 0 Å². The first-order chi connectivity index (χ1) is 12.8. The van der Waals surface area contributed by atoms with Crippen molar-refractivity contribution in [2.45, 2.75) is 51.0 Å². The first kappa shape index (κ1) is 16.8. The highest BCUT2D eigenvalue weighted by Gasteiger charge is 2.29. The Morgan fingerprint density at radius 3 is 2.73 bits per heavy atom. The van der Waals surface area contributed by atoms with Crippen LogP contribution < -0.4 is 0 Å². The third-order valence-electron chi connectivity index (χ3n) is 5.47. The topological polar surface area (TPSA) is 74.8 Å². The smallest absolute Gasteiger partial charge is 0.253 e. The third-order valence-corrected chi connectivity index (χ3v) is 5.47. The first-order valence-electron chi connectivity index (χ1n) is 9.47. The molecule has 1 aromatic heterocycles. The number of carbonyl (C=O) groups is 1. The van der Waals surface area contributed by atoms with Crippen LogP contribution in [0, 0.1) is 11.3 Å². The number of benzene rings is 1. The average Bonchev–Trinajstić information content (AvgIpc) is 2.96. The maximum absolute atomic E-state index is 12.9. The maximum Gasteiger partial charge on any atom is 0.253 e. The number of carbonyl (C=O) groups excluding carboxylic acids is 1. The predicted octanol–water partition coefficient (Wildman–Crippen LogP) is 2.90. The van der Waals surface area contributed by atoms with Gasteiger partial charge < -0.3 is 9.47 Å². The van der Waals surface area contributed by atoms with Crippen molar-refractivity contribution in [1.29, 1.82) is 5.26 Å². The van der Waals surface area contributed by atoms with E-state index in [4.69, 9.17) is 5.26 Å². The van der Waals surface area contributed by atoms with Crippen LogP contribution >= 0.6 is 0 Å². The van der Waals surface area contributed by atoms with Gasteiger partial charge in [-0.2, -0.15) is 5.26 Å². The molecule has 0 N–H and O–H groups in total. The number of fused-ring (bicyclic) bond motifs is 1. The van der Waals surface area contributed by atoms with Crippen molar-refractivity contribution in [1.82, 2.24) is 19.7 Å². The molecule has 1 amide bonds. The molecule has 4 rings (SSSR count). The molecule has 1 aromatic carbocycles. The average molecular weight is 349 g/mol. The van der Waals surface area contributed by atoms with Crippen molar-refractivity contribution < 1.29 is 4.79 Å². The number of nitrogens with zero attached hydrogens (tertiary/aromatic N) is 5. The van der Waals surface area contributed by atoms with E-state index in [2.05, 4.69) is 20.8 Å². The van der Waals surface area contributed by atoms with Crippen molar-refractivity contribution in [2.75, 3.05) is 13.1 Å². The first-order valence-corrected chi connectivity index (χ1v) is 9.47. The Bertz CT molecular complexity index is 833. The molecule has 1 saturated heterocycles. The van der Waals surface area contributed by atoms with Crippen molar-refractivity contribution in [3.05, 3.63) is 47.0 Å². The number of hydrogen-bond acceptors (Lipinski definition) is 4. The third kappa shape index (κ3) is 3.22. The molecule has 0 spiro atoms. The van der Waals surface area contributed by atoms with Crippen LogP contribution in [0.3, 0.4) is 0 Å². The number of likely N-dealkylation sites (tertiary alicyclic amines) is 1. The summed E-state index contributed by atoms with van der Waals surface area (Å²) >= 11 is 0. The largest absolute Gasteiger partial charge is 0.338 e. The number of rotatable bonds is 2. The summed E-state index contributed by atoms with van der Waals surface area (Å²) in [7, 11) is 0. The van der Waals surface area contributed by atoms with Crippen LogP contribution in [0.4, 0.5) is 0 Å².